The van der Waals surface area contributed by atoms with Gasteiger partial charge in [0.25, 0.3) is 5.91 Å². The Morgan fingerprint density at radius 3 is 2.42 bits per heavy atom. The van der Waals surface area contributed by atoms with Crippen molar-refractivity contribution in [3.05, 3.63) is 89.5 Å². The van der Waals surface area contributed by atoms with E-state index in [1.54, 1.807) is 73.7 Å². The van der Waals surface area contributed by atoms with E-state index in [-0.39, 0.29) is 12.5 Å². The number of benzene rings is 3. The van der Waals surface area contributed by atoms with Crippen LogP contribution in [0, 0.1) is 6.92 Å². The quantitative estimate of drug-likeness (QED) is 0.126. The molecule has 208 valence electrons. The van der Waals surface area contributed by atoms with Crippen molar-refractivity contribution in [2.24, 2.45) is 5.10 Å². The van der Waals surface area contributed by atoms with Gasteiger partial charge in [-0.1, -0.05) is 30.3 Å². The lowest BCUT2D eigenvalue weighted by Gasteiger charge is -2.13. The third kappa shape index (κ3) is 9.17. The molecule has 0 unspecified atom stereocenters. The topological polar surface area (TPSA) is 127 Å². The highest BCUT2D eigenvalue weighted by atomic mass is 35.5. The summed E-state index contributed by atoms with van der Waals surface area (Å²) in [4.78, 5) is 36.7. The highest BCUT2D eigenvalue weighted by molar-refractivity contribution is 6.39. The molecule has 0 aliphatic carbocycles. The third-order valence-corrected chi connectivity index (χ3v) is 5.40. The van der Waals surface area contributed by atoms with Crippen molar-refractivity contribution < 1.29 is 28.6 Å². The van der Waals surface area contributed by atoms with Crippen molar-refractivity contribution in [3.8, 4) is 17.2 Å². The fraction of sp³-hybridized carbons (Fsp3) is 0.172. The molecule has 3 amide bonds. The minimum atomic E-state index is -0.950. The van der Waals surface area contributed by atoms with E-state index in [9.17, 15) is 14.4 Å². The highest BCUT2D eigenvalue weighted by Crippen LogP contribution is 2.28. The molecular formula is C29H29ClN4O6. The predicted octanol–water partition coefficient (Wildman–Crippen LogP) is 4.72. The van der Waals surface area contributed by atoms with Gasteiger partial charge in [-0.25, -0.2) is 5.43 Å². The monoisotopic (exact) mass is 564 g/mol. The fourth-order valence-corrected chi connectivity index (χ4v) is 3.42. The summed E-state index contributed by atoms with van der Waals surface area (Å²) in [7, 11) is 0. The van der Waals surface area contributed by atoms with Crippen LogP contribution in [0.1, 0.15) is 18.1 Å². The fourth-order valence-electron chi connectivity index (χ4n) is 3.24. The number of anilines is 2. The minimum Gasteiger partial charge on any atom is -0.490 e. The van der Waals surface area contributed by atoms with E-state index < -0.39 is 11.8 Å². The Morgan fingerprint density at radius 2 is 1.70 bits per heavy atom. The molecule has 3 aromatic rings. The SMILES string of the molecule is C=CCOc1ccc(NC(=O)C(=O)N/N=C\c2ccc(OCC(=O)Nc3cc(Cl)ccc3C)c(OCC)c2)cc1. The van der Waals surface area contributed by atoms with Crippen LogP contribution in [0.25, 0.3) is 0 Å². The van der Waals surface area contributed by atoms with Gasteiger partial charge in [0.05, 0.1) is 12.8 Å². The van der Waals surface area contributed by atoms with Gasteiger partial charge in [-0.05, 0) is 79.6 Å². The van der Waals surface area contributed by atoms with Crippen LogP contribution in [0.2, 0.25) is 5.02 Å². The Hall–Kier alpha value is -4.83. The van der Waals surface area contributed by atoms with E-state index in [4.69, 9.17) is 25.8 Å². The smallest absolute Gasteiger partial charge is 0.329 e. The van der Waals surface area contributed by atoms with Crippen molar-refractivity contribution in [1.29, 1.82) is 0 Å². The number of hydrogen-bond donors (Lipinski definition) is 3. The summed E-state index contributed by atoms with van der Waals surface area (Å²) in [5, 5.41) is 9.58. The van der Waals surface area contributed by atoms with Crippen molar-refractivity contribution >= 4 is 46.9 Å². The number of hydrazone groups is 1. The van der Waals surface area contributed by atoms with Crippen LogP contribution in [0.5, 0.6) is 17.2 Å². The molecule has 0 fully saturated rings. The second-order valence-electron chi connectivity index (χ2n) is 8.21. The van der Waals surface area contributed by atoms with Crippen molar-refractivity contribution in [2.75, 3.05) is 30.5 Å². The molecule has 0 saturated carbocycles. The number of halogens is 1. The average molecular weight is 565 g/mol. The van der Waals surface area contributed by atoms with Gasteiger partial charge in [-0.15, -0.1) is 0 Å². The lowest BCUT2D eigenvalue weighted by atomic mass is 10.2. The number of nitrogens with one attached hydrogen (secondary N) is 3. The first-order valence-electron chi connectivity index (χ1n) is 12.2. The Morgan fingerprint density at radius 1 is 0.925 bits per heavy atom. The Balaban J connectivity index is 1.54. The van der Waals surface area contributed by atoms with Crippen LogP contribution in [0.15, 0.2) is 78.4 Å². The van der Waals surface area contributed by atoms with Gasteiger partial charge in [0.2, 0.25) is 0 Å². The molecular weight excluding hydrogens is 536 g/mol. The molecule has 0 aliphatic rings. The molecule has 0 radical (unpaired) electrons. The number of rotatable bonds is 12. The van der Waals surface area contributed by atoms with Crippen LogP contribution in [0.3, 0.4) is 0 Å². The van der Waals surface area contributed by atoms with Gasteiger partial charge in [0.1, 0.15) is 12.4 Å². The third-order valence-electron chi connectivity index (χ3n) is 5.17. The largest absolute Gasteiger partial charge is 0.490 e. The van der Waals surface area contributed by atoms with E-state index in [2.05, 4.69) is 27.7 Å². The van der Waals surface area contributed by atoms with Crippen LogP contribution in [-0.2, 0) is 14.4 Å². The zero-order chi connectivity index (χ0) is 28.9. The average Bonchev–Trinajstić information content (AvgIpc) is 2.94. The standard InChI is InChI=1S/C29H29ClN4O6/c1-4-14-39-23-11-9-22(10-12-23)32-28(36)29(37)34-31-17-20-7-13-25(26(15-20)38-5-2)40-18-27(35)33-24-16-21(30)8-6-19(24)3/h4,6-13,15-17H,1,5,14,18H2,2-3H3,(H,32,36)(H,33,35)(H,34,37)/b31-17-. The van der Waals surface area contributed by atoms with Crippen molar-refractivity contribution in [1.82, 2.24) is 5.43 Å². The summed E-state index contributed by atoms with van der Waals surface area (Å²) >= 11 is 6.00. The molecule has 0 aliphatic heterocycles. The molecule has 11 heteroatoms. The summed E-state index contributed by atoms with van der Waals surface area (Å²) in [6, 6.07) is 16.6. The molecule has 0 aromatic heterocycles. The van der Waals surface area contributed by atoms with E-state index in [1.165, 1.54) is 6.21 Å². The molecule has 10 nitrogen and oxygen atoms in total. The normalized spacial score (nSPS) is 10.5. The van der Waals surface area contributed by atoms with Crippen molar-refractivity contribution in [3.63, 3.8) is 0 Å². The summed E-state index contributed by atoms with van der Waals surface area (Å²) in [6.07, 6.45) is 2.96. The lowest BCUT2D eigenvalue weighted by molar-refractivity contribution is -0.136. The van der Waals surface area contributed by atoms with Crippen LogP contribution >= 0.6 is 11.6 Å². The second-order valence-corrected chi connectivity index (χ2v) is 8.65. The van der Waals surface area contributed by atoms with Gasteiger partial charge in [0, 0.05) is 16.4 Å². The number of hydrogen-bond acceptors (Lipinski definition) is 7. The van der Waals surface area contributed by atoms with Gasteiger partial charge < -0.3 is 24.8 Å². The number of carbonyl (C=O) groups is 3. The molecule has 0 atom stereocenters. The molecule has 0 spiro atoms. The van der Waals surface area contributed by atoms with Crippen LogP contribution in [0.4, 0.5) is 11.4 Å². The first-order chi connectivity index (χ1) is 19.3. The van der Waals surface area contributed by atoms with Gasteiger partial charge in [-0.3, -0.25) is 14.4 Å². The van der Waals surface area contributed by atoms with Gasteiger partial charge in [0.15, 0.2) is 18.1 Å². The maximum atomic E-state index is 12.4. The maximum absolute atomic E-state index is 12.4. The zero-order valence-corrected chi connectivity index (χ0v) is 22.8. The Kier molecular flexibility index (Phi) is 11.1. The molecule has 40 heavy (non-hydrogen) atoms. The predicted molar refractivity (Wildman–Crippen MR) is 154 cm³/mol. The number of carbonyl (C=O) groups excluding carboxylic acids is 3. The molecule has 3 rings (SSSR count). The van der Waals surface area contributed by atoms with E-state index in [0.29, 0.717) is 52.4 Å². The Bertz CT molecular complexity index is 1390. The summed E-state index contributed by atoms with van der Waals surface area (Å²) in [5.41, 5.74) is 4.62. The van der Waals surface area contributed by atoms with Crippen molar-refractivity contribution in [2.45, 2.75) is 13.8 Å². The maximum Gasteiger partial charge on any atom is 0.329 e. The second kappa shape index (κ2) is 14.9. The van der Waals surface area contributed by atoms with E-state index >= 15 is 0 Å². The van der Waals surface area contributed by atoms with E-state index in [0.717, 1.165) is 5.56 Å². The zero-order valence-electron chi connectivity index (χ0n) is 22.0. The minimum absolute atomic E-state index is 0.255. The first kappa shape index (κ1) is 29.7. The first-order valence-corrected chi connectivity index (χ1v) is 12.6. The van der Waals surface area contributed by atoms with Crippen LogP contribution in [-0.4, -0.2) is 43.8 Å². The molecule has 0 saturated heterocycles. The molecule has 0 heterocycles. The molecule has 3 N–H and O–H groups in total. The highest BCUT2D eigenvalue weighted by Gasteiger charge is 2.14. The molecule has 0 bridgehead atoms. The summed E-state index contributed by atoms with van der Waals surface area (Å²) < 4.78 is 16.7. The molecule has 3 aromatic carbocycles. The summed E-state index contributed by atoms with van der Waals surface area (Å²) in [5.74, 6) is -0.873. The number of amides is 3. The lowest BCUT2D eigenvalue weighted by Crippen LogP contribution is -2.32. The van der Waals surface area contributed by atoms with Gasteiger partial charge in [-0.2, -0.15) is 5.10 Å². The van der Waals surface area contributed by atoms with Crippen LogP contribution < -0.4 is 30.3 Å². The number of nitrogens with zero attached hydrogens (tertiary/aromatic N) is 1. The summed E-state index contributed by atoms with van der Waals surface area (Å²) in [6.45, 7) is 7.69. The van der Waals surface area contributed by atoms with E-state index in [1.807, 2.05) is 6.92 Å². The number of aryl methyl sites for hydroxylation is 1. The number of ether oxygens (including phenoxy) is 3. The van der Waals surface area contributed by atoms with Gasteiger partial charge >= 0.3 is 11.8 Å². The Labute approximate surface area is 237 Å².